The van der Waals surface area contributed by atoms with Crippen molar-refractivity contribution >= 4 is 0 Å². The lowest BCUT2D eigenvalue weighted by molar-refractivity contribution is 0.455. The van der Waals surface area contributed by atoms with Crippen LogP contribution in [0.15, 0.2) is 10.7 Å². The van der Waals surface area contributed by atoms with Gasteiger partial charge in [-0.05, 0) is 27.7 Å². The normalized spacial score (nSPS) is 10.9. The quantitative estimate of drug-likeness (QED) is 0.754. The molecule has 0 unspecified atom stereocenters. The van der Waals surface area contributed by atoms with E-state index in [-0.39, 0.29) is 0 Å². The van der Waals surface area contributed by atoms with E-state index in [2.05, 4.69) is 9.97 Å². The van der Waals surface area contributed by atoms with Gasteiger partial charge in [0.25, 0.3) is 0 Å². The molecule has 0 amide bonds. The molecule has 0 atom stereocenters. The Hall–Kier alpha value is -1.58. The van der Waals surface area contributed by atoms with Crippen molar-refractivity contribution in [1.29, 1.82) is 0 Å². The number of rotatable bonds is 2. The van der Waals surface area contributed by atoms with Gasteiger partial charge >= 0.3 is 0 Å². The van der Waals surface area contributed by atoms with Crippen LogP contribution in [0.5, 0.6) is 0 Å². The second kappa shape index (κ2) is 3.53. The summed E-state index contributed by atoms with van der Waals surface area (Å²) in [6, 6.07) is 0. The minimum Gasteiger partial charge on any atom is -0.444 e. The summed E-state index contributed by atoms with van der Waals surface area (Å²) in [5, 5.41) is 0. The lowest BCUT2D eigenvalue weighted by Gasteiger charge is -2.00. The smallest absolute Gasteiger partial charge is 0.214 e. The molecule has 2 aromatic rings. The predicted molar refractivity (Wildman–Crippen MR) is 56.8 cm³/mol. The summed E-state index contributed by atoms with van der Waals surface area (Å²) in [5.41, 5.74) is 3.16. The standard InChI is InChI=1S/C11H15N3O/c1-7-9(3)14(6-12-7)5-11-13-8(2)10(4)15-11/h6H,5H2,1-4H3. The largest absolute Gasteiger partial charge is 0.444 e. The Morgan fingerprint density at radius 3 is 2.40 bits per heavy atom. The second-order valence-electron chi connectivity index (χ2n) is 3.79. The highest BCUT2D eigenvalue weighted by molar-refractivity contribution is 5.11. The van der Waals surface area contributed by atoms with E-state index >= 15 is 0 Å². The molecule has 0 saturated carbocycles. The van der Waals surface area contributed by atoms with Crippen LogP contribution in [0.25, 0.3) is 0 Å². The Morgan fingerprint density at radius 2 is 1.93 bits per heavy atom. The molecule has 4 nitrogen and oxygen atoms in total. The fraction of sp³-hybridized carbons (Fsp3) is 0.455. The van der Waals surface area contributed by atoms with Crippen molar-refractivity contribution in [3.05, 3.63) is 35.1 Å². The van der Waals surface area contributed by atoms with Crippen molar-refractivity contribution in [1.82, 2.24) is 14.5 Å². The van der Waals surface area contributed by atoms with Crippen LogP contribution >= 0.6 is 0 Å². The molecule has 0 bridgehead atoms. The molecular formula is C11H15N3O. The van der Waals surface area contributed by atoms with E-state index in [1.807, 2.05) is 38.6 Å². The van der Waals surface area contributed by atoms with Crippen molar-refractivity contribution < 1.29 is 4.42 Å². The monoisotopic (exact) mass is 205 g/mol. The average Bonchev–Trinajstić information content (AvgIpc) is 2.65. The van der Waals surface area contributed by atoms with Gasteiger partial charge < -0.3 is 8.98 Å². The molecule has 80 valence electrons. The van der Waals surface area contributed by atoms with E-state index in [0.29, 0.717) is 6.54 Å². The number of aryl methyl sites for hydroxylation is 3. The van der Waals surface area contributed by atoms with Gasteiger partial charge in [-0.1, -0.05) is 0 Å². The van der Waals surface area contributed by atoms with E-state index in [4.69, 9.17) is 4.42 Å². The zero-order chi connectivity index (χ0) is 11.0. The summed E-state index contributed by atoms with van der Waals surface area (Å²) in [5.74, 6) is 1.63. The molecule has 0 N–H and O–H groups in total. The van der Waals surface area contributed by atoms with Gasteiger partial charge in [-0.15, -0.1) is 0 Å². The fourth-order valence-corrected chi connectivity index (χ4v) is 1.46. The number of hydrogen-bond donors (Lipinski definition) is 0. The van der Waals surface area contributed by atoms with Crippen molar-refractivity contribution in [3.8, 4) is 0 Å². The van der Waals surface area contributed by atoms with Crippen molar-refractivity contribution in [3.63, 3.8) is 0 Å². The molecule has 2 heterocycles. The van der Waals surface area contributed by atoms with Gasteiger partial charge in [-0.3, -0.25) is 0 Å². The predicted octanol–water partition coefficient (Wildman–Crippen LogP) is 2.15. The first-order valence-corrected chi connectivity index (χ1v) is 4.99. The molecule has 2 aromatic heterocycles. The van der Waals surface area contributed by atoms with Gasteiger partial charge in [-0.25, -0.2) is 9.97 Å². The van der Waals surface area contributed by atoms with Crippen molar-refractivity contribution in [2.24, 2.45) is 0 Å². The summed E-state index contributed by atoms with van der Waals surface area (Å²) in [4.78, 5) is 8.58. The molecule has 0 aromatic carbocycles. The SMILES string of the molecule is Cc1nc(Cn2cnc(C)c2C)oc1C. The molecule has 0 aliphatic heterocycles. The number of nitrogens with zero attached hydrogens (tertiary/aromatic N) is 3. The molecule has 2 rings (SSSR count). The lowest BCUT2D eigenvalue weighted by atomic mass is 10.4. The van der Waals surface area contributed by atoms with Crippen molar-refractivity contribution in [2.75, 3.05) is 0 Å². The highest BCUT2D eigenvalue weighted by atomic mass is 16.4. The van der Waals surface area contributed by atoms with Gasteiger partial charge in [-0.2, -0.15) is 0 Å². The van der Waals surface area contributed by atoms with Crippen LogP contribution in [0.1, 0.15) is 28.7 Å². The van der Waals surface area contributed by atoms with Gasteiger partial charge in [0.2, 0.25) is 5.89 Å². The molecule has 0 spiro atoms. The topological polar surface area (TPSA) is 43.9 Å². The van der Waals surface area contributed by atoms with Crippen LogP contribution in [-0.4, -0.2) is 14.5 Å². The zero-order valence-electron chi connectivity index (χ0n) is 9.53. The Kier molecular flexibility index (Phi) is 2.34. The third kappa shape index (κ3) is 1.79. The molecule has 0 aliphatic rings. The highest BCUT2D eigenvalue weighted by Crippen LogP contribution is 2.12. The van der Waals surface area contributed by atoms with Crippen LogP contribution in [-0.2, 0) is 6.54 Å². The average molecular weight is 205 g/mol. The van der Waals surface area contributed by atoms with Gasteiger partial charge in [0, 0.05) is 5.69 Å². The maximum absolute atomic E-state index is 5.52. The second-order valence-corrected chi connectivity index (χ2v) is 3.79. The molecule has 0 radical (unpaired) electrons. The van der Waals surface area contributed by atoms with Crippen LogP contribution < -0.4 is 0 Å². The summed E-state index contributed by atoms with van der Waals surface area (Å²) in [6.45, 7) is 8.58. The Labute approximate surface area is 89.0 Å². The maximum atomic E-state index is 5.52. The van der Waals surface area contributed by atoms with E-state index in [1.165, 1.54) is 0 Å². The van der Waals surface area contributed by atoms with Gasteiger partial charge in [0.1, 0.15) is 12.3 Å². The van der Waals surface area contributed by atoms with Crippen LogP contribution in [0.3, 0.4) is 0 Å². The third-order valence-electron chi connectivity index (χ3n) is 2.72. The van der Waals surface area contributed by atoms with Gasteiger partial charge in [0.05, 0.1) is 17.7 Å². The zero-order valence-corrected chi connectivity index (χ0v) is 9.53. The molecule has 0 aliphatic carbocycles. The third-order valence-corrected chi connectivity index (χ3v) is 2.72. The Bertz CT molecular complexity index is 462. The maximum Gasteiger partial charge on any atom is 0.214 e. The first-order valence-electron chi connectivity index (χ1n) is 4.99. The van der Waals surface area contributed by atoms with E-state index in [0.717, 1.165) is 28.7 Å². The first kappa shape index (κ1) is 9.96. The van der Waals surface area contributed by atoms with Crippen molar-refractivity contribution in [2.45, 2.75) is 34.2 Å². The summed E-state index contributed by atoms with van der Waals surface area (Å²) in [6.07, 6.45) is 1.82. The van der Waals surface area contributed by atoms with Crippen LogP contribution in [0, 0.1) is 27.7 Å². The number of hydrogen-bond acceptors (Lipinski definition) is 3. The number of imidazole rings is 1. The number of oxazole rings is 1. The van der Waals surface area contributed by atoms with E-state index < -0.39 is 0 Å². The lowest BCUT2D eigenvalue weighted by Crippen LogP contribution is -2.00. The molecule has 0 fully saturated rings. The van der Waals surface area contributed by atoms with E-state index in [9.17, 15) is 0 Å². The fourth-order valence-electron chi connectivity index (χ4n) is 1.46. The summed E-state index contributed by atoms with van der Waals surface area (Å²) < 4.78 is 7.56. The summed E-state index contributed by atoms with van der Waals surface area (Å²) in [7, 11) is 0. The van der Waals surface area contributed by atoms with Gasteiger partial charge in [0.15, 0.2) is 0 Å². The summed E-state index contributed by atoms with van der Waals surface area (Å²) >= 11 is 0. The molecule has 0 saturated heterocycles. The number of aromatic nitrogens is 3. The molecule has 15 heavy (non-hydrogen) atoms. The van der Waals surface area contributed by atoms with E-state index in [1.54, 1.807) is 0 Å². The van der Waals surface area contributed by atoms with Crippen LogP contribution in [0.2, 0.25) is 0 Å². The minimum absolute atomic E-state index is 0.654. The Balaban J connectivity index is 2.25. The Morgan fingerprint density at radius 1 is 1.20 bits per heavy atom. The van der Waals surface area contributed by atoms with Crippen LogP contribution in [0.4, 0.5) is 0 Å². The minimum atomic E-state index is 0.654. The first-order chi connectivity index (χ1) is 7.08. The molecular weight excluding hydrogens is 190 g/mol. The molecule has 4 heteroatoms. The highest BCUT2D eigenvalue weighted by Gasteiger charge is 2.08.